The molecule has 4 amide bonds. The Balaban J connectivity index is 1.93. The van der Waals surface area contributed by atoms with Gasteiger partial charge in [0.2, 0.25) is 0 Å². The standard InChI is InChI=1S/C28H39N3O5S/c1-5-8-10-11-17-29-23-14-12-21(36-7-3)20-24(23)37-25(29)15-13-22-26(32)30(16-9-6-2)28(34)31(27(22)33)18-19-35-4/h12-15,20H,5-11,16-19H2,1-4H3/b22-13+,25-15-. The number of thioether (sulfide) groups is 1. The van der Waals surface area contributed by atoms with Gasteiger partial charge in [0.15, 0.2) is 0 Å². The van der Waals surface area contributed by atoms with Crippen LogP contribution < -0.4 is 9.64 Å². The van der Waals surface area contributed by atoms with Crippen LogP contribution in [0.2, 0.25) is 0 Å². The van der Waals surface area contributed by atoms with Crippen LogP contribution in [-0.2, 0) is 14.3 Å². The minimum atomic E-state index is -0.578. The van der Waals surface area contributed by atoms with Gasteiger partial charge in [0, 0.05) is 25.1 Å². The Morgan fingerprint density at radius 1 is 0.838 bits per heavy atom. The molecule has 2 aliphatic heterocycles. The SMILES string of the molecule is CCCCCCN1/C(=C/C=C2\C(=O)N(CCCC)C(=O)N(CCOC)C2=O)Sc2cc(OCC)ccc21. The molecule has 0 bridgehead atoms. The van der Waals surface area contributed by atoms with Crippen LogP contribution in [0.5, 0.6) is 5.75 Å². The Morgan fingerprint density at radius 3 is 2.22 bits per heavy atom. The first-order chi connectivity index (χ1) is 18.0. The van der Waals surface area contributed by atoms with Crippen LogP contribution in [0.25, 0.3) is 0 Å². The first kappa shape index (κ1) is 28.8. The second-order valence-corrected chi connectivity index (χ2v) is 10.1. The highest BCUT2D eigenvalue weighted by molar-refractivity contribution is 8.03. The Bertz CT molecular complexity index is 1010. The van der Waals surface area contributed by atoms with Crippen molar-refractivity contribution in [3.63, 3.8) is 0 Å². The van der Waals surface area contributed by atoms with Gasteiger partial charge in [-0.15, -0.1) is 0 Å². The summed E-state index contributed by atoms with van der Waals surface area (Å²) < 4.78 is 10.8. The largest absolute Gasteiger partial charge is 0.494 e. The van der Waals surface area contributed by atoms with Crippen LogP contribution in [0.15, 0.2) is 45.8 Å². The zero-order valence-corrected chi connectivity index (χ0v) is 23.3. The van der Waals surface area contributed by atoms with Crippen molar-refractivity contribution >= 4 is 35.3 Å². The molecular weight excluding hydrogens is 490 g/mol. The van der Waals surface area contributed by atoms with E-state index in [2.05, 4.69) is 17.9 Å². The molecule has 0 unspecified atom stereocenters. The highest BCUT2D eigenvalue weighted by Gasteiger charge is 2.41. The number of methoxy groups -OCH3 is 1. The number of benzene rings is 1. The lowest BCUT2D eigenvalue weighted by Gasteiger charge is -2.33. The maximum absolute atomic E-state index is 13.2. The number of urea groups is 1. The van der Waals surface area contributed by atoms with Crippen LogP contribution in [-0.4, -0.2) is 67.6 Å². The van der Waals surface area contributed by atoms with Gasteiger partial charge in [-0.3, -0.25) is 19.4 Å². The predicted octanol–water partition coefficient (Wildman–Crippen LogP) is 5.58. The van der Waals surface area contributed by atoms with Gasteiger partial charge in [0.05, 0.1) is 30.5 Å². The molecule has 0 radical (unpaired) electrons. The third-order valence-electron chi connectivity index (χ3n) is 6.31. The van der Waals surface area contributed by atoms with Gasteiger partial charge in [0.1, 0.15) is 11.3 Å². The van der Waals surface area contributed by atoms with Gasteiger partial charge in [-0.05, 0) is 50.1 Å². The lowest BCUT2D eigenvalue weighted by Crippen LogP contribution is -2.57. The van der Waals surface area contributed by atoms with E-state index in [1.165, 1.54) is 18.4 Å². The lowest BCUT2D eigenvalue weighted by atomic mass is 10.1. The molecule has 1 aromatic carbocycles. The first-order valence-corrected chi connectivity index (χ1v) is 14.1. The number of rotatable bonds is 14. The molecule has 1 saturated heterocycles. The van der Waals surface area contributed by atoms with E-state index in [9.17, 15) is 14.4 Å². The summed E-state index contributed by atoms with van der Waals surface area (Å²) in [6.07, 6.45) is 9.44. The summed E-state index contributed by atoms with van der Waals surface area (Å²) in [5, 5.41) is 0.939. The fourth-order valence-corrected chi connectivity index (χ4v) is 5.40. The van der Waals surface area contributed by atoms with Crippen molar-refractivity contribution in [2.24, 2.45) is 0 Å². The zero-order chi connectivity index (χ0) is 26.8. The fourth-order valence-electron chi connectivity index (χ4n) is 4.29. The minimum Gasteiger partial charge on any atom is -0.494 e. The molecule has 37 heavy (non-hydrogen) atoms. The molecule has 0 aromatic heterocycles. The number of amides is 4. The second kappa shape index (κ2) is 14.2. The summed E-state index contributed by atoms with van der Waals surface area (Å²) in [6, 6.07) is 5.50. The quantitative estimate of drug-likeness (QED) is 0.177. The third kappa shape index (κ3) is 6.96. The molecule has 3 rings (SSSR count). The molecule has 0 saturated carbocycles. The molecule has 1 aromatic rings. The summed E-state index contributed by atoms with van der Waals surface area (Å²) in [7, 11) is 1.51. The number of carbonyl (C=O) groups excluding carboxylic acids is 3. The number of unbranched alkanes of at least 4 members (excludes halogenated alkanes) is 4. The maximum Gasteiger partial charge on any atom is 0.334 e. The van der Waals surface area contributed by atoms with E-state index in [0.29, 0.717) is 13.0 Å². The molecular formula is C28H39N3O5S. The fraction of sp³-hybridized carbons (Fsp3) is 0.536. The number of hydrogen-bond acceptors (Lipinski definition) is 7. The molecule has 2 aliphatic rings. The molecule has 0 atom stereocenters. The van der Waals surface area contributed by atoms with Crippen molar-refractivity contribution < 1.29 is 23.9 Å². The number of anilines is 1. The monoisotopic (exact) mass is 529 g/mol. The Labute approximate surface area is 224 Å². The molecule has 202 valence electrons. The van der Waals surface area contributed by atoms with E-state index >= 15 is 0 Å². The van der Waals surface area contributed by atoms with Gasteiger partial charge >= 0.3 is 6.03 Å². The average molecular weight is 530 g/mol. The molecule has 8 nitrogen and oxygen atoms in total. The van der Waals surface area contributed by atoms with Gasteiger partial charge in [-0.25, -0.2) is 4.79 Å². The summed E-state index contributed by atoms with van der Waals surface area (Å²) in [5.74, 6) is -0.302. The number of imide groups is 2. The van der Waals surface area contributed by atoms with Gasteiger partial charge in [0.25, 0.3) is 11.8 Å². The molecule has 1 fully saturated rings. The minimum absolute atomic E-state index is 0.00296. The smallest absolute Gasteiger partial charge is 0.334 e. The Kier molecular flexibility index (Phi) is 11.1. The molecule has 0 spiro atoms. The number of ether oxygens (including phenoxy) is 2. The topological polar surface area (TPSA) is 79.4 Å². The van der Waals surface area contributed by atoms with Gasteiger partial charge in [-0.1, -0.05) is 51.3 Å². The molecule has 9 heteroatoms. The highest BCUT2D eigenvalue weighted by atomic mass is 32.2. The van der Waals surface area contributed by atoms with Gasteiger partial charge < -0.3 is 14.4 Å². The van der Waals surface area contributed by atoms with E-state index in [0.717, 1.165) is 58.5 Å². The van der Waals surface area contributed by atoms with Crippen LogP contribution >= 0.6 is 11.8 Å². The maximum atomic E-state index is 13.2. The van der Waals surface area contributed by atoms with Crippen molar-refractivity contribution in [1.82, 2.24) is 9.80 Å². The Morgan fingerprint density at radius 2 is 1.54 bits per heavy atom. The number of hydrogen-bond donors (Lipinski definition) is 0. The lowest BCUT2D eigenvalue weighted by molar-refractivity contribution is -0.136. The van der Waals surface area contributed by atoms with E-state index in [-0.39, 0.29) is 25.3 Å². The molecule has 2 heterocycles. The first-order valence-electron chi connectivity index (χ1n) is 13.3. The number of nitrogens with zero attached hydrogens (tertiary/aromatic N) is 3. The zero-order valence-electron chi connectivity index (χ0n) is 22.5. The Hall–Kier alpha value is -2.78. The summed E-state index contributed by atoms with van der Waals surface area (Å²) in [4.78, 5) is 44.9. The number of allylic oxidation sites excluding steroid dienone is 2. The van der Waals surface area contributed by atoms with Crippen molar-refractivity contribution in [2.45, 2.75) is 64.2 Å². The molecule has 0 N–H and O–H groups in total. The average Bonchev–Trinajstić information content (AvgIpc) is 3.23. The summed E-state index contributed by atoms with van der Waals surface area (Å²) >= 11 is 1.59. The van der Waals surface area contributed by atoms with Crippen molar-refractivity contribution in [3.05, 3.63) is 41.0 Å². The van der Waals surface area contributed by atoms with Crippen LogP contribution in [0, 0.1) is 0 Å². The van der Waals surface area contributed by atoms with Crippen molar-refractivity contribution in [1.29, 1.82) is 0 Å². The predicted molar refractivity (Wildman–Crippen MR) is 147 cm³/mol. The third-order valence-corrected chi connectivity index (χ3v) is 7.42. The van der Waals surface area contributed by atoms with Gasteiger partial charge in [-0.2, -0.15) is 0 Å². The van der Waals surface area contributed by atoms with Crippen molar-refractivity contribution in [2.75, 3.05) is 44.9 Å². The van der Waals surface area contributed by atoms with Crippen LogP contribution in [0.1, 0.15) is 59.3 Å². The summed E-state index contributed by atoms with van der Waals surface area (Å²) in [5.41, 5.74) is 1.09. The van der Waals surface area contributed by atoms with E-state index in [1.807, 2.05) is 32.1 Å². The summed E-state index contributed by atoms with van der Waals surface area (Å²) in [6.45, 7) is 8.17. The number of carbonyl (C=O) groups is 3. The normalized spacial score (nSPS) is 17.9. The van der Waals surface area contributed by atoms with E-state index < -0.39 is 17.8 Å². The van der Waals surface area contributed by atoms with E-state index in [4.69, 9.17) is 9.47 Å². The number of fused-ring (bicyclic) bond motifs is 1. The highest BCUT2D eigenvalue weighted by Crippen LogP contribution is 2.47. The van der Waals surface area contributed by atoms with E-state index in [1.54, 1.807) is 17.8 Å². The van der Waals surface area contributed by atoms with Crippen molar-refractivity contribution in [3.8, 4) is 5.75 Å². The van der Waals surface area contributed by atoms with Crippen LogP contribution in [0.4, 0.5) is 10.5 Å². The number of barbiturate groups is 1. The molecule has 0 aliphatic carbocycles. The second-order valence-electron chi connectivity index (χ2n) is 9.00. The van der Waals surface area contributed by atoms with Crippen LogP contribution in [0.3, 0.4) is 0 Å².